The van der Waals surface area contributed by atoms with Gasteiger partial charge in [0.1, 0.15) is 0 Å². The van der Waals surface area contributed by atoms with Crippen molar-refractivity contribution in [3.05, 3.63) is 66.6 Å². The van der Waals surface area contributed by atoms with Crippen LogP contribution in [-0.4, -0.2) is 8.42 Å². The maximum atomic E-state index is 11.5. The topological polar surface area (TPSA) is 43.4 Å². The van der Waals surface area contributed by atoms with Crippen LogP contribution in [0.25, 0.3) is 21.5 Å². The molecule has 0 radical (unpaired) electrons. The second-order valence-corrected chi connectivity index (χ2v) is 5.87. The Morgan fingerprint density at radius 1 is 0.905 bits per heavy atom. The first-order valence-electron chi connectivity index (χ1n) is 6.08. The fourth-order valence-corrected chi connectivity index (χ4v) is 2.71. The van der Waals surface area contributed by atoms with Crippen LogP contribution >= 0.6 is 0 Å². The zero-order valence-corrected chi connectivity index (χ0v) is 17.3. The Hall–Kier alpha value is -0.525. The molecular weight excluding hydrogens is 358 g/mol. The Morgan fingerprint density at radius 3 is 2.38 bits per heavy atom. The van der Waals surface area contributed by atoms with Gasteiger partial charge >= 0.3 is 68.3 Å². The van der Waals surface area contributed by atoms with E-state index in [0.717, 1.165) is 27.0 Å². The molecule has 5 heteroatoms. The third-order valence-electron chi connectivity index (χ3n) is 3.16. The first-order chi connectivity index (χ1) is 9.61. The molecule has 0 fully saturated rings. The van der Waals surface area contributed by atoms with Crippen molar-refractivity contribution in [3.8, 4) is 5.75 Å². The molecular formula is C16H13O3RbS. The summed E-state index contributed by atoms with van der Waals surface area (Å²) >= 11 is 0. The van der Waals surface area contributed by atoms with E-state index in [9.17, 15) is 8.42 Å². The summed E-state index contributed by atoms with van der Waals surface area (Å²) in [5.74, 6) is 0.313. The van der Waals surface area contributed by atoms with Crippen molar-refractivity contribution in [1.82, 2.24) is 0 Å². The SMILES string of the molecule is C=CS(=O)(=O)Oc1cccc2c1ccc1ccccc12.[H-].[Rb+]. The molecule has 0 saturated heterocycles. The van der Waals surface area contributed by atoms with Gasteiger partial charge in [0.25, 0.3) is 0 Å². The summed E-state index contributed by atoms with van der Waals surface area (Å²) in [4.78, 5) is 0. The maximum Gasteiger partial charge on any atom is 1.00 e. The van der Waals surface area contributed by atoms with Crippen LogP contribution in [0.4, 0.5) is 0 Å². The van der Waals surface area contributed by atoms with Gasteiger partial charge in [-0.3, -0.25) is 0 Å². The van der Waals surface area contributed by atoms with Gasteiger partial charge in [-0.2, -0.15) is 8.42 Å². The zero-order chi connectivity index (χ0) is 14.2. The molecule has 0 bridgehead atoms. The molecule has 0 amide bonds. The van der Waals surface area contributed by atoms with E-state index in [1.807, 2.05) is 42.5 Å². The van der Waals surface area contributed by atoms with E-state index in [1.54, 1.807) is 12.1 Å². The van der Waals surface area contributed by atoms with Crippen molar-refractivity contribution in [1.29, 1.82) is 0 Å². The first kappa shape index (κ1) is 16.8. The smallest absolute Gasteiger partial charge is 1.00 e. The van der Waals surface area contributed by atoms with E-state index < -0.39 is 10.1 Å². The van der Waals surface area contributed by atoms with Crippen LogP contribution in [0.2, 0.25) is 0 Å². The van der Waals surface area contributed by atoms with Gasteiger partial charge in [-0.25, -0.2) is 0 Å². The monoisotopic (exact) mass is 370 g/mol. The van der Waals surface area contributed by atoms with Crippen LogP contribution in [0.5, 0.6) is 5.75 Å². The molecule has 102 valence electrons. The van der Waals surface area contributed by atoms with Crippen LogP contribution in [-0.2, 0) is 10.1 Å². The summed E-state index contributed by atoms with van der Waals surface area (Å²) in [6.45, 7) is 3.25. The summed E-state index contributed by atoms with van der Waals surface area (Å²) in [6, 6.07) is 17.1. The second kappa shape index (κ2) is 6.71. The van der Waals surface area contributed by atoms with Gasteiger partial charge in [-0.1, -0.05) is 49.0 Å². The minimum Gasteiger partial charge on any atom is -1.00 e. The van der Waals surface area contributed by atoms with Gasteiger partial charge in [-0.15, -0.1) is 0 Å². The molecule has 0 saturated carbocycles. The average molecular weight is 371 g/mol. The van der Waals surface area contributed by atoms with E-state index in [-0.39, 0.29) is 59.6 Å². The van der Waals surface area contributed by atoms with E-state index in [1.165, 1.54) is 0 Å². The molecule has 0 spiro atoms. The van der Waals surface area contributed by atoms with Crippen molar-refractivity contribution in [2.24, 2.45) is 0 Å². The van der Waals surface area contributed by atoms with Crippen LogP contribution in [0.3, 0.4) is 0 Å². The molecule has 3 rings (SSSR count). The minimum atomic E-state index is -3.75. The van der Waals surface area contributed by atoms with Gasteiger partial charge < -0.3 is 5.61 Å². The number of hydrogen-bond acceptors (Lipinski definition) is 3. The Bertz CT molecular complexity index is 923. The summed E-state index contributed by atoms with van der Waals surface area (Å²) in [7, 11) is -3.75. The molecule has 0 aliphatic carbocycles. The van der Waals surface area contributed by atoms with Gasteiger partial charge in [0, 0.05) is 5.39 Å². The Kier molecular flexibility index (Phi) is 5.38. The Labute approximate surface area is 174 Å². The quantitative estimate of drug-likeness (QED) is 0.509. The molecule has 3 aromatic carbocycles. The predicted molar refractivity (Wildman–Crippen MR) is 82.3 cm³/mol. The third-order valence-corrected chi connectivity index (χ3v) is 3.98. The molecule has 3 nitrogen and oxygen atoms in total. The largest absolute Gasteiger partial charge is 1.00 e. The van der Waals surface area contributed by atoms with Gasteiger partial charge in [-0.05, 0) is 28.3 Å². The molecule has 3 aromatic rings. The van der Waals surface area contributed by atoms with Crippen molar-refractivity contribution in [2.45, 2.75) is 0 Å². The van der Waals surface area contributed by atoms with Crippen molar-refractivity contribution < 1.29 is 72.2 Å². The van der Waals surface area contributed by atoms with Crippen molar-refractivity contribution >= 4 is 31.7 Å². The molecule has 0 unspecified atom stereocenters. The number of rotatable bonds is 3. The van der Waals surface area contributed by atoms with E-state index >= 15 is 0 Å². The molecule has 0 atom stereocenters. The fraction of sp³-hybridized carbons (Fsp3) is 0. The summed E-state index contributed by atoms with van der Waals surface area (Å²) in [6.07, 6.45) is 0. The molecule has 0 aromatic heterocycles. The Balaban J connectivity index is 0.00000121. The molecule has 0 heterocycles. The minimum absolute atomic E-state index is 0. The van der Waals surface area contributed by atoms with Crippen molar-refractivity contribution in [2.75, 3.05) is 0 Å². The first-order valence-corrected chi connectivity index (χ1v) is 7.55. The predicted octanol–water partition coefficient (Wildman–Crippen LogP) is 0.962. The number of fused-ring (bicyclic) bond motifs is 3. The number of benzene rings is 3. The summed E-state index contributed by atoms with van der Waals surface area (Å²) in [5, 5.41) is 4.68. The summed E-state index contributed by atoms with van der Waals surface area (Å²) in [5.41, 5.74) is 0. The number of hydrogen-bond donors (Lipinski definition) is 0. The molecule has 21 heavy (non-hydrogen) atoms. The van der Waals surface area contributed by atoms with Crippen LogP contribution in [0, 0.1) is 0 Å². The fourth-order valence-electron chi connectivity index (χ4n) is 2.24. The van der Waals surface area contributed by atoms with Crippen LogP contribution in [0.15, 0.2) is 66.6 Å². The van der Waals surface area contributed by atoms with E-state index in [4.69, 9.17) is 4.18 Å². The summed E-state index contributed by atoms with van der Waals surface area (Å²) < 4.78 is 28.1. The van der Waals surface area contributed by atoms with Crippen LogP contribution in [0.1, 0.15) is 1.43 Å². The standard InChI is InChI=1S/C16H12O3S.Rb.H/c1-2-20(17,18)19-16-9-5-8-14-13-7-4-3-6-12(13)10-11-15(14)16;;/h2-11H,1H2;;/q;+1;-1. The Morgan fingerprint density at radius 2 is 1.62 bits per heavy atom. The maximum absolute atomic E-state index is 11.5. The molecule has 0 aliphatic rings. The van der Waals surface area contributed by atoms with Gasteiger partial charge in [0.2, 0.25) is 0 Å². The van der Waals surface area contributed by atoms with Crippen LogP contribution < -0.4 is 62.4 Å². The molecule has 0 N–H and O–H groups in total. The van der Waals surface area contributed by atoms with Gasteiger partial charge in [0.05, 0.1) is 5.41 Å². The second-order valence-electron chi connectivity index (χ2n) is 4.38. The molecule has 0 aliphatic heterocycles. The zero-order valence-electron chi connectivity index (χ0n) is 12.6. The average Bonchev–Trinajstić information content (AvgIpc) is 2.47. The third kappa shape index (κ3) is 3.46. The van der Waals surface area contributed by atoms with E-state index in [2.05, 4.69) is 6.58 Å². The van der Waals surface area contributed by atoms with E-state index in [0.29, 0.717) is 5.75 Å². The van der Waals surface area contributed by atoms with Crippen molar-refractivity contribution in [3.63, 3.8) is 0 Å². The normalized spacial score (nSPS) is 11.0. The van der Waals surface area contributed by atoms with Gasteiger partial charge in [0.15, 0.2) is 5.75 Å².